The topological polar surface area (TPSA) is 49.7 Å². The minimum Gasteiger partial charge on any atom is -0.411 e. The Morgan fingerprint density at radius 2 is 1.61 bits per heavy atom. The summed E-state index contributed by atoms with van der Waals surface area (Å²) in [6.07, 6.45) is 0. The molecule has 0 aliphatic heterocycles. The predicted molar refractivity (Wildman–Crippen MR) is 68.3 cm³/mol. The van der Waals surface area contributed by atoms with E-state index in [-0.39, 0.29) is 17.4 Å². The summed E-state index contributed by atoms with van der Waals surface area (Å²) in [6, 6.07) is 17.0. The summed E-state index contributed by atoms with van der Waals surface area (Å²) >= 11 is 0. The average molecular weight is 237 g/mol. The number of carbonyl (C=O) groups is 1. The predicted octanol–water partition coefficient (Wildman–Crippen LogP) is 2.85. The van der Waals surface area contributed by atoms with E-state index in [1.807, 2.05) is 48.5 Å². The number of ketones is 1. The van der Waals surface area contributed by atoms with Gasteiger partial charge in [-0.3, -0.25) is 4.79 Å². The summed E-state index contributed by atoms with van der Waals surface area (Å²) in [5.74, 6) is -0.457. The fourth-order valence-corrected chi connectivity index (χ4v) is 2.46. The number of oxime groups is 1. The van der Waals surface area contributed by atoms with Crippen molar-refractivity contribution in [2.75, 3.05) is 0 Å². The Bertz CT molecular complexity index is 632. The van der Waals surface area contributed by atoms with Gasteiger partial charge in [-0.25, -0.2) is 0 Å². The van der Waals surface area contributed by atoms with Crippen molar-refractivity contribution in [1.29, 1.82) is 0 Å². The molecule has 0 saturated carbocycles. The van der Waals surface area contributed by atoms with Gasteiger partial charge in [0.15, 0.2) is 0 Å². The van der Waals surface area contributed by atoms with Crippen molar-refractivity contribution in [1.82, 2.24) is 0 Å². The van der Waals surface area contributed by atoms with E-state index >= 15 is 0 Å². The molecule has 1 N–H and O–H groups in total. The van der Waals surface area contributed by atoms with Gasteiger partial charge in [0.2, 0.25) is 5.78 Å². The van der Waals surface area contributed by atoms with Crippen LogP contribution in [0, 0.1) is 0 Å². The van der Waals surface area contributed by atoms with Gasteiger partial charge >= 0.3 is 0 Å². The van der Waals surface area contributed by atoms with Gasteiger partial charge in [-0.1, -0.05) is 59.8 Å². The molecule has 2 aromatic rings. The second-order valence-electron chi connectivity index (χ2n) is 4.25. The van der Waals surface area contributed by atoms with E-state index in [1.165, 1.54) is 0 Å². The van der Waals surface area contributed by atoms with Gasteiger partial charge in [-0.15, -0.1) is 0 Å². The molecule has 0 radical (unpaired) electrons. The van der Waals surface area contributed by atoms with Crippen LogP contribution in [0.4, 0.5) is 0 Å². The maximum atomic E-state index is 12.1. The van der Waals surface area contributed by atoms with Gasteiger partial charge in [0.1, 0.15) is 5.71 Å². The first-order valence-electron chi connectivity index (χ1n) is 5.73. The molecule has 1 aliphatic rings. The normalized spacial score (nSPS) is 20.1. The highest BCUT2D eigenvalue weighted by Gasteiger charge is 2.37. The summed E-state index contributed by atoms with van der Waals surface area (Å²) in [5, 5.41) is 12.3. The Kier molecular flexibility index (Phi) is 2.45. The lowest BCUT2D eigenvalue weighted by molar-refractivity contribution is 0.106. The van der Waals surface area contributed by atoms with E-state index < -0.39 is 0 Å². The van der Waals surface area contributed by atoms with Crippen molar-refractivity contribution < 1.29 is 10.0 Å². The van der Waals surface area contributed by atoms with Crippen molar-refractivity contribution in [3.05, 3.63) is 71.3 Å². The molecule has 0 bridgehead atoms. The van der Waals surface area contributed by atoms with Crippen molar-refractivity contribution in [3.63, 3.8) is 0 Å². The molecule has 2 aromatic carbocycles. The summed E-state index contributed by atoms with van der Waals surface area (Å²) in [6.45, 7) is 0. The summed E-state index contributed by atoms with van der Waals surface area (Å²) in [5.41, 5.74) is 2.69. The van der Waals surface area contributed by atoms with Crippen LogP contribution in [0.1, 0.15) is 27.4 Å². The van der Waals surface area contributed by atoms with Crippen molar-refractivity contribution in [2.24, 2.45) is 5.16 Å². The Morgan fingerprint density at radius 1 is 0.944 bits per heavy atom. The van der Waals surface area contributed by atoms with Gasteiger partial charge in [0.25, 0.3) is 0 Å². The van der Waals surface area contributed by atoms with E-state index in [2.05, 4.69) is 5.16 Å². The lowest BCUT2D eigenvalue weighted by atomic mass is 9.92. The minimum absolute atomic E-state index is 0.193. The Balaban J connectivity index is 2.22. The minimum atomic E-state index is -0.264. The molecule has 0 heterocycles. The number of fused-ring (bicyclic) bond motifs is 1. The van der Waals surface area contributed by atoms with Crippen molar-refractivity contribution in [3.8, 4) is 0 Å². The highest BCUT2D eigenvalue weighted by atomic mass is 16.4. The van der Waals surface area contributed by atoms with Gasteiger partial charge in [0, 0.05) is 5.56 Å². The first kappa shape index (κ1) is 10.7. The van der Waals surface area contributed by atoms with Crippen LogP contribution in [-0.2, 0) is 0 Å². The standard InChI is InChI=1S/C15H11NO2/c17-15-12-9-5-4-8-11(12)13(14(15)16-18)10-6-2-1-3-7-10/h1-9,13,18H/b16-14+. The van der Waals surface area contributed by atoms with Crippen LogP contribution in [0.3, 0.4) is 0 Å². The molecule has 1 unspecified atom stereocenters. The van der Waals surface area contributed by atoms with Gasteiger partial charge in [0.05, 0.1) is 5.92 Å². The molecule has 0 amide bonds. The zero-order chi connectivity index (χ0) is 12.5. The second kappa shape index (κ2) is 4.11. The average Bonchev–Trinajstić information content (AvgIpc) is 2.73. The van der Waals surface area contributed by atoms with E-state index in [1.54, 1.807) is 6.07 Å². The van der Waals surface area contributed by atoms with Gasteiger partial charge in [-0.05, 0) is 11.1 Å². The van der Waals surface area contributed by atoms with E-state index in [0.717, 1.165) is 11.1 Å². The van der Waals surface area contributed by atoms with Crippen LogP contribution in [-0.4, -0.2) is 16.7 Å². The molecule has 0 spiro atoms. The summed E-state index contributed by atoms with van der Waals surface area (Å²) < 4.78 is 0. The molecule has 1 aliphatic carbocycles. The smallest absolute Gasteiger partial charge is 0.211 e. The van der Waals surface area contributed by atoms with Crippen LogP contribution in [0.2, 0.25) is 0 Å². The number of hydrogen-bond donors (Lipinski definition) is 1. The third-order valence-corrected chi connectivity index (χ3v) is 3.26. The second-order valence-corrected chi connectivity index (χ2v) is 4.25. The zero-order valence-electron chi connectivity index (χ0n) is 9.58. The number of carbonyl (C=O) groups excluding carboxylic acids is 1. The number of hydrogen-bond acceptors (Lipinski definition) is 3. The fourth-order valence-electron chi connectivity index (χ4n) is 2.46. The van der Waals surface area contributed by atoms with E-state index in [9.17, 15) is 4.79 Å². The SMILES string of the molecule is O=C1/C(=N/O)C(c2ccccc2)c2ccccc21. The molecular weight excluding hydrogens is 226 g/mol. The molecule has 3 heteroatoms. The molecule has 3 rings (SSSR count). The Hall–Kier alpha value is -2.42. The molecule has 18 heavy (non-hydrogen) atoms. The molecule has 88 valence electrons. The molecule has 0 saturated heterocycles. The van der Waals surface area contributed by atoms with Crippen molar-refractivity contribution in [2.45, 2.75) is 5.92 Å². The highest BCUT2D eigenvalue weighted by Crippen LogP contribution is 2.35. The number of Topliss-reactive ketones (excluding diaryl/α,β-unsaturated/α-hetero) is 1. The summed E-state index contributed by atoms with van der Waals surface area (Å²) in [4.78, 5) is 12.1. The highest BCUT2D eigenvalue weighted by molar-refractivity contribution is 6.51. The number of rotatable bonds is 1. The fraction of sp³-hybridized carbons (Fsp3) is 0.0667. The third kappa shape index (κ3) is 1.44. The van der Waals surface area contributed by atoms with Crippen molar-refractivity contribution >= 4 is 11.5 Å². The quantitative estimate of drug-likeness (QED) is 0.612. The lowest BCUT2D eigenvalue weighted by Crippen LogP contribution is -2.14. The zero-order valence-corrected chi connectivity index (χ0v) is 9.58. The molecule has 0 aromatic heterocycles. The first-order chi connectivity index (χ1) is 8.83. The van der Waals surface area contributed by atoms with Crippen LogP contribution in [0.25, 0.3) is 0 Å². The summed E-state index contributed by atoms with van der Waals surface area (Å²) in [7, 11) is 0. The number of nitrogens with zero attached hydrogens (tertiary/aromatic N) is 1. The maximum Gasteiger partial charge on any atom is 0.211 e. The van der Waals surface area contributed by atoms with E-state index in [4.69, 9.17) is 5.21 Å². The van der Waals surface area contributed by atoms with Crippen LogP contribution in [0.15, 0.2) is 59.8 Å². The molecule has 0 fully saturated rings. The maximum absolute atomic E-state index is 12.1. The van der Waals surface area contributed by atoms with Gasteiger partial charge < -0.3 is 5.21 Å². The van der Waals surface area contributed by atoms with Gasteiger partial charge in [-0.2, -0.15) is 0 Å². The molecular formula is C15H11NO2. The molecule has 3 nitrogen and oxygen atoms in total. The van der Waals surface area contributed by atoms with E-state index in [0.29, 0.717) is 5.56 Å². The lowest BCUT2D eigenvalue weighted by Gasteiger charge is -2.10. The van der Waals surface area contributed by atoms with Crippen LogP contribution >= 0.6 is 0 Å². The van der Waals surface area contributed by atoms with Crippen LogP contribution < -0.4 is 0 Å². The molecule has 1 atom stereocenters. The Labute approximate surface area is 104 Å². The third-order valence-electron chi connectivity index (χ3n) is 3.26. The monoisotopic (exact) mass is 237 g/mol. The Morgan fingerprint density at radius 3 is 2.33 bits per heavy atom. The first-order valence-corrected chi connectivity index (χ1v) is 5.73. The largest absolute Gasteiger partial charge is 0.411 e. The number of benzene rings is 2. The van der Waals surface area contributed by atoms with Crippen LogP contribution in [0.5, 0.6) is 0 Å².